The number of carbonyl (C=O) groups is 2. The molecule has 1 aromatic carbocycles. The minimum atomic E-state index is -0.956. The Morgan fingerprint density at radius 1 is 1.16 bits per heavy atom. The van der Waals surface area contributed by atoms with Crippen LogP contribution in [0.1, 0.15) is 28.8 Å². The van der Waals surface area contributed by atoms with Crippen LogP contribution in [0, 0.1) is 0 Å². The number of hydrogen-bond acceptors (Lipinski definition) is 2. The Kier molecular flexibility index (Phi) is 4.13. The summed E-state index contributed by atoms with van der Waals surface area (Å²) >= 11 is 0. The molecule has 0 fully saturated rings. The number of carbonyl (C=O) groups excluding carboxylic acids is 1. The van der Waals surface area contributed by atoms with Crippen molar-refractivity contribution in [2.24, 2.45) is 0 Å². The Balaban J connectivity index is 1.90. The van der Waals surface area contributed by atoms with Gasteiger partial charge in [-0.1, -0.05) is 24.3 Å². The summed E-state index contributed by atoms with van der Waals surface area (Å²) in [5.41, 5.74) is 1.03. The zero-order valence-corrected chi connectivity index (χ0v) is 10.4. The number of carboxylic acid groups (broad SMARTS) is 1. The van der Waals surface area contributed by atoms with Crippen LogP contribution >= 0.6 is 0 Å². The molecule has 1 aliphatic rings. The zero-order chi connectivity index (χ0) is 13.7. The Labute approximate surface area is 111 Å². The standard InChI is InChI=1S/C15H15NO3/c17-14(16-13-3-1-2-4-13)10-7-11-5-8-12(9-6-11)15(18)19/h1-2,5-10,13H,3-4H2,(H,16,17)(H,18,19)/b10-7+. The largest absolute Gasteiger partial charge is 0.478 e. The summed E-state index contributed by atoms with van der Waals surface area (Å²) in [7, 11) is 0. The van der Waals surface area contributed by atoms with Gasteiger partial charge >= 0.3 is 5.97 Å². The normalized spacial score (nSPS) is 14.9. The van der Waals surface area contributed by atoms with E-state index in [-0.39, 0.29) is 17.5 Å². The molecule has 4 nitrogen and oxygen atoms in total. The molecule has 0 saturated heterocycles. The molecule has 0 bridgehead atoms. The van der Waals surface area contributed by atoms with Crippen molar-refractivity contribution in [2.75, 3.05) is 0 Å². The van der Waals surface area contributed by atoms with Crippen LogP contribution in [-0.2, 0) is 4.79 Å². The molecule has 0 aromatic heterocycles. The first kappa shape index (κ1) is 13.1. The SMILES string of the molecule is O=C(/C=C/c1ccc(C(=O)O)cc1)NC1CC=CC1. The number of aromatic carboxylic acids is 1. The van der Waals surface area contributed by atoms with Crippen molar-refractivity contribution in [3.63, 3.8) is 0 Å². The topological polar surface area (TPSA) is 66.4 Å². The molecule has 98 valence electrons. The van der Waals surface area contributed by atoms with Gasteiger partial charge in [0, 0.05) is 12.1 Å². The predicted molar refractivity (Wildman–Crippen MR) is 72.7 cm³/mol. The van der Waals surface area contributed by atoms with E-state index in [1.54, 1.807) is 18.2 Å². The van der Waals surface area contributed by atoms with Gasteiger partial charge in [-0.25, -0.2) is 4.79 Å². The van der Waals surface area contributed by atoms with Crippen LogP contribution in [0.4, 0.5) is 0 Å². The van der Waals surface area contributed by atoms with Gasteiger partial charge in [0.05, 0.1) is 5.56 Å². The smallest absolute Gasteiger partial charge is 0.335 e. The fourth-order valence-electron chi connectivity index (χ4n) is 1.89. The molecular formula is C15H15NO3. The number of rotatable bonds is 4. The van der Waals surface area contributed by atoms with E-state index < -0.39 is 5.97 Å². The average molecular weight is 257 g/mol. The summed E-state index contributed by atoms with van der Waals surface area (Å²) < 4.78 is 0. The van der Waals surface area contributed by atoms with Crippen LogP contribution in [0.2, 0.25) is 0 Å². The third-order valence-corrected chi connectivity index (χ3v) is 2.94. The highest BCUT2D eigenvalue weighted by molar-refractivity contribution is 5.92. The molecule has 0 saturated carbocycles. The minimum absolute atomic E-state index is 0.129. The molecule has 1 aliphatic carbocycles. The van der Waals surface area contributed by atoms with Gasteiger partial charge in [-0.15, -0.1) is 0 Å². The van der Waals surface area contributed by atoms with Crippen molar-refractivity contribution in [2.45, 2.75) is 18.9 Å². The summed E-state index contributed by atoms with van der Waals surface area (Å²) in [6, 6.07) is 6.57. The zero-order valence-electron chi connectivity index (χ0n) is 10.4. The molecule has 0 spiro atoms. The molecule has 0 heterocycles. The maximum atomic E-state index is 11.6. The van der Waals surface area contributed by atoms with E-state index in [0.29, 0.717) is 0 Å². The average Bonchev–Trinajstić information content (AvgIpc) is 2.89. The van der Waals surface area contributed by atoms with Crippen LogP contribution in [0.5, 0.6) is 0 Å². The second-order valence-electron chi connectivity index (χ2n) is 4.41. The second-order valence-corrected chi connectivity index (χ2v) is 4.41. The number of hydrogen-bond donors (Lipinski definition) is 2. The van der Waals surface area contributed by atoms with E-state index in [9.17, 15) is 9.59 Å². The first-order valence-electron chi connectivity index (χ1n) is 6.12. The van der Waals surface area contributed by atoms with Crippen molar-refractivity contribution in [3.05, 3.63) is 53.6 Å². The predicted octanol–water partition coefficient (Wildman–Crippen LogP) is 2.23. The molecule has 2 N–H and O–H groups in total. The molecular weight excluding hydrogens is 242 g/mol. The Bertz CT molecular complexity index is 521. The van der Waals surface area contributed by atoms with Crippen molar-refractivity contribution < 1.29 is 14.7 Å². The molecule has 0 aliphatic heterocycles. The van der Waals surface area contributed by atoms with Crippen LogP contribution in [0.15, 0.2) is 42.5 Å². The van der Waals surface area contributed by atoms with Gasteiger partial charge in [-0.05, 0) is 36.6 Å². The fraction of sp³-hybridized carbons (Fsp3) is 0.200. The van der Waals surface area contributed by atoms with Crippen molar-refractivity contribution in [1.82, 2.24) is 5.32 Å². The maximum Gasteiger partial charge on any atom is 0.335 e. The first-order chi connectivity index (χ1) is 9.15. The molecule has 19 heavy (non-hydrogen) atoms. The first-order valence-corrected chi connectivity index (χ1v) is 6.12. The number of amides is 1. The lowest BCUT2D eigenvalue weighted by molar-refractivity contribution is -0.117. The number of benzene rings is 1. The van der Waals surface area contributed by atoms with Gasteiger partial charge in [0.25, 0.3) is 0 Å². The van der Waals surface area contributed by atoms with Gasteiger partial charge in [0.15, 0.2) is 0 Å². The van der Waals surface area contributed by atoms with Crippen LogP contribution in [0.25, 0.3) is 6.08 Å². The molecule has 4 heteroatoms. The molecule has 0 radical (unpaired) electrons. The Morgan fingerprint density at radius 3 is 2.37 bits per heavy atom. The fourth-order valence-corrected chi connectivity index (χ4v) is 1.89. The third-order valence-electron chi connectivity index (χ3n) is 2.94. The highest BCUT2D eigenvalue weighted by Crippen LogP contribution is 2.09. The van der Waals surface area contributed by atoms with E-state index in [4.69, 9.17) is 5.11 Å². The van der Waals surface area contributed by atoms with E-state index >= 15 is 0 Å². The van der Waals surface area contributed by atoms with E-state index in [2.05, 4.69) is 17.5 Å². The highest BCUT2D eigenvalue weighted by Gasteiger charge is 2.10. The third kappa shape index (κ3) is 3.81. The van der Waals surface area contributed by atoms with Gasteiger partial charge in [-0.3, -0.25) is 4.79 Å². The lowest BCUT2D eigenvalue weighted by Gasteiger charge is -2.09. The molecule has 0 atom stereocenters. The second kappa shape index (κ2) is 6.00. The molecule has 0 unspecified atom stereocenters. The van der Waals surface area contributed by atoms with Crippen LogP contribution in [0.3, 0.4) is 0 Å². The molecule has 2 rings (SSSR count). The lowest BCUT2D eigenvalue weighted by Crippen LogP contribution is -2.31. The Morgan fingerprint density at radius 2 is 1.79 bits per heavy atom. The summed E-state index contributed by atoms with van der Waals surface area (Å²) in [5.74, 6) is -1.09. The summed E-state index contributed by atoms with van der Waals surface area (Å²) in [6.07, 6.45) is 9.01. The van der Waals surface area contributed by atoms with E-state index in [1.165, 1.54) is 18.2 Å². The number of carboxylic acids is 1. The van der Waals surface area contributed by atoms with Gasteiger partial charge in [0.1, 0.15) is 0 Å². The maximum absolute atomic E-state index is 11.6. The Hall–Kier alpha value is -2.36. The monoisotopic (exact) mass is 257 g/mol. The molecule has 1 amide bonds. The quantitative estimate of drug-likeness (QED) is 0.642. The van der Waals surface area contributed by atoms with Gasteiger partial charge in [0.2, 0.25) is 5.91 Å². The van der Waals surface area contributed by atoms with Crippen LogP contribution in [-0.4, -0.2) is 23.0 Å². The number of nitrogens with one attached hydrogen (secondary N) is 1. The van der Waals surface area contributed by atoms with E-state index in [1.807, 2.05) is 0 Å². The molecule has 1 aromatic rings. The van der Waals surface area contributed by atoms with E-state index in [0.717, 1.165) is 18.4 Å². The highest BCUT2D eigenvalue weighted by atomic mass is 16.4. The summed E-state index contributed by atoms with van der Waals surface area (Å²) in [5, 5.41) is 11.7. The van der Waals surface area contributed by atoms with Gasteiger partial charge in [-0.2, -0.15) is 0 Å². The van der Waals surface area contributed by atoms with Gasteiger partial charge < -0.3 is 10.4 Å². The summed E-state index contributed by atoms with van der Waals surface area (Å²) in [6.45, 7) is 0. The minimum Gasteiger partial charge on any atom is -0.478 e. The van der Waals surface area contributed by atoms with Crippen molar-refractivity contribution in [3.8, 4) is 0 Å². The lowest BCUT2D eigenvalue weighted by atomic mass is 10.1. The van der Waals surface area contributed by atoms with Crippen molar-refractivity contribution in [1.29, 1.82) is 0 Å². The van der Waals surface area contributed by atoms with Crippen molar-refractivity contribution >= 4 is 18.0 Å². The summed E-state index contributed by atoms with van der Waals surface area (Å²) in [4.78, 5) is 22.3. The van der Waals surface area contributed by atoms with Crippen LogP contribution < -0.4 is 5.32 Å².